The molecule has 2 unspecified atom stereocenters. The van der Waals surface area contributed by atoms with Crippen molar-refractivity contribution in [1.29, 1.82) is 0 Å². The van der Waals surface area contributed by atoms with Crippen LogP contribution in [0.2, 0.25) is 0 Å². The summed E-state index contributed by atoms with van der Waals surface area (Å²) in [4.78, 5) is 13.5. The first-order valence-corrected chi connectivity index (χ1v) is 6.26. The maximum absolute atomic E-state index is 12.7. The minimum Gasteiger partial charge on any atom is -0.465 e. The highest BCUT2D eigenvalue weighted by Gasteiger charge is 2.46. The zero-order valence-corrected chi connectivity index (χ0v) is 11.0. The number of piperidine rings is 1. The molecule has 0 N–H and O–H groups in total. The molecule has 2 atom stereocenters. The highest BCUT2D eigenvalue weighted by atomic mass is 19.4. The average molecular weight is 267 g/mol. The van der Waals surface area contributed by atoms with Crippen molar-refractivity contribution in [3.8, 4) is 0 Å². The Morgan fingerprint density at radius 3 is 2.50 bits per heavy atom. The molecule has 1 saturated heterocycles. The quantitative estimate of drug-likeness (QED) is 0.736. The monoisotopic (exact) mass is 267 g/mol. The number of likely N-dealkylation sites (tertiary alicyclic amines) is 1. The van der Waals surface area contributed by atoms with E-state index in [-0.39, 0.29) is 32.0 Å². The number of esters is 1. The molecule has 1 aliphatic rings. The van der Waals surface area contributed by atoms with E-state index in [0.29, 0.717) is 0 Å². The largest absolute Gasteiger partial charge is 0.465 e. The molecule has 106 valence electrons. The smallest absolute Gasteiger partial charge is 0.391 e. The minimum atomic E-state index is -4.23. The molecule has 3 nitrogen and oxygen atoms in total. The van der Waals surface area contributed by atoms with Crippen molar-refractivity contribution in [3.63, 3.8) is 0 Å². The van der Waals surface area contributed by atoms with Gasteiger partial charge in [-0.3, -0.25) is 9.69 Å². The van der Waals surface area contributed by atoms with Gasteiger partial charge < -0.3 is 4.74 Å². The van der Waals surface area contributed by atoms with E-state index in [0.717, 1.165) is 0 Å². The van der Waals surface area contributed by atoms with E-state index in [1.54, 1.807) is 11.8 Å². The van der Waals surface area contributed by atoms with E-state index in [9.17, 15) is 18.0 Å². The summed E-state index contributed by atoms with van der Waals surface area (Å²) in [5, 5.41) is 0. The van der Waals surface area contributed by atoms with E-state index in [1.165, 1.54) is 0 Å². The van der Waals surface area contributed by atoms with E-state index < -0.39 is 24.1 Å². The Hall–Kier alpha value is -0.780. The number of alkyl halides is 3. The van der Waals surface area contributed by atoms with E-state index in [4.69, 9.17) is 4.74 Å². The molecule has 1 heterocycles. The molecular formula is C12H20F3NO2. The Balaban J connectivity index is 2.80. The molecule has 1 aliphatic heterocycles. The standard InChI is InChI=1S/C12H20F3NO2/c1-4-18-11(17)10-7-9(12(13,14)15)5-6-16(10)8(2)3/h8-10H,4-7H2,1-3H3. The second-order valence-corrected chi connectivity index (χ2v) is 4.86. The first-order valence-electron chi connectivity index (χ1n) is 6.26. The first kappa shape index (κ1) is 15.3. The number of ether oxygens (including phenoxy) is 1. The summed E-state index contributed by atoms with van der Waals surface area (Å²) in [7, 11) is 0. The number of nitrogens with zero attached hydrogens (tertiary/aromatic N) is 1. The van der Waals surface area contributed by atoms with Crippen LogP contribution < -0.4 is 0 Å². The van der Waals surface area contributed by atoms with Crippen LogP contribution in [0.1, 0.15) is 33.6 Å². The fourth-order valence-electron chi connectivity index (χ4n) is 2.37. The summed E-state index contributed by atoms with van der Waals surface area (Å²) in [6.45, 7) is 5.88. The number of carbonyl (C=O) groups excluding carboxylic acids is 1. The Morgan fingerprint density at radius 1 is 1.44 bits per heavy atom. The van der Waals surface area contributed by atoms with Crippen LogP contribution in [0, 0.1) is 5.92 Å². The van der Waals surface area contributed by atoms with Gasteiger partial charge in [0.1, 0.15) is 6.04 Å². The molecule has 0 bridgehead atoms. The van der Waals surface area contributed by atoms with Crippen LogP contribution in [-0.2, 0) is 9.53 Å². The fraction of sp³-hybridized carbons (Fsp3) is 0.917. The first-order chi connectivity index (χ1) is 8.27. The molecule has 0 amide bonds. The summed E-state index contributed by atoms with van der Waals surface area (Å²) >= 11 is 0. The lowest BCUT2D eigenvalue weighted by molar-refractivity contribution is -0.195. The highest BCUT2D eigenvalue weighted by molar-refractivity contribution is 5.76. The molecule has 0 aromatic heterocycles. The van der Waals surface area contributed by atoms with Gasteiger partial charge in [-0.1, -0.05) is 0 Å². The molecule has 1 fully saturated rings. The predicted molar refractivity (Wildman–Crippen MR) is 61.0 cm³/mol. The third kappa shape index (κ3) is 3.60. The Bertz CT molecular complexity index is 292. The van der Waals surface area contributed by atoms with Crippen molar-refractivity contribution in [2.45, 2.75) is 51.9 Å². The van der Waals surface area contributed by atoms with Crippen LogP contribution in [0.15, 0.2) is 0 Å². The van der Waals surface area contributed by atoms with Crippen LogP contribution in [0.5, 0.6) is 0 Å². The summed E-state index contributed by atoms with van der Waals surface area (Å²) in [5.41, 5.74) is 0. The van der Waals surface area contributed by atoms with Crippen LogP contribution >= 0.6 is 0 Å². The molecule has 1 rings (SSSR count). The van der Waals surface area contributed by atoms with E-state index in [1.807, 2.05) is 13.8 Å². The maximum Gasteiger partial charge on any atom is 0.391 e. The van der Waals surface area contributed by atoms with Crippen molar-refractivity contribution in [2.75, 3.05) is 13.2 Å². The van der Waals surface area contributed by atoms with Crippen molar-refractivity contribution in [2.24, 2.45) is 5.92 Å². The van der Waals surface area contributed by atoms with Gasteiger partial charge in [0.05, 0.1) is 12.5 Å². The fourth-order valence-corrected chi connectivity index (χ4v) is 2.37. The molecular weight excluding hydrogens is 247 g/mol. The lowest BCUT2D eigenvalue weighted by Crippen LogP contribution is -2.52. The minimum absolute atomic E-state index is 0.0357. The summed E-state index contributed by atoms with van der Waals surface area (Å²) < 4.78 is 43.0. The van der Waals surface area contributed by atoms with Gasteiger partial charge in [0.15, 0.2) is 0 Å². The van der Waals surface area contributed by atoms with Crippen LogP contribution in [0.4, 0.5) is 13.2 Å². The molecule has 0 aliphatic carbocycles. The van der Waals surface area contributed by atoms with Crippen LogP contribution in [0.25, 0.3) is 0 Å². The van der Waals surface area contributed by atoms with Gasteiger partial charge in [-0.2, -0.15) is 13.2 Å². The number of rotatable bonds is 3. The highest BCUT2D eigenvalue weighted by Crippen LogP contribution is 2.37. The van der Waals surface area contributed by atoms with E-state index in [2.05, 4.69) is 0 Å². The van der Waals surface area contributed by atoms with Gasteiger partial charge in [0.2, 0.25) is 0 Å². The van der Waals surface area contributed by atoms with Gasteiger partial charge in [-0.15, -0.1) is 0 Å². The van der Waals surface area contributed by atoms with Crippen LogP contribution in [0.3, 0.4) is 0 Å². The van der Waals surface area contributed by atoms with Gasteiger partial charge in [0, 0.05) is 6.04 Å². The topological polar surface area (TPSA) is 29.5 Å². The zero-order chi connectivity index (χ0) is 13.9. The van der Waals surface area contributed by atoms with Gasteiger partial charge in [-0.05, 0) is 40.2 Å². The maximum atomic E-state index is 12.7. The van der Waals surface area contributed by atoms with E-state index >= 15 is 0 Å². The van der Waals surface area contributed by atoms with Gasteiger partial charge in [0.25, 0.3) is 0 Å². The summed E-state index contributed by atoms with van der Waals surface area (Å²) in [5.74, 6) is -1.94. The molecule has 0 radical (unpaired) electrons. The SMILES string of the molecule is CCOC(=O)C1CC(C(F)(F)F)CCN1C(C)C. The number of hydrogen-bond acceptors (Lipinski definition) is 3. The molecule has 18 heavy (non-hydrogen) atoms. The second-order valence-electron chi connectivity index (χ2n) is 4.86. The van der Waals surface area contributed by atoms with Gasteiger partial charge in [-0.25, -0.2) is 0 Å². The summed E-state index contributed by atoms with van der Waals surface area (Å²) in [6, 6.07) is -0.737. The molecule has 0 aromatic rings. The molecule has 6 heteroatoms. The number of hydrogen-bond donors (Lipinski definition) is 0. The third-order valence-electron chi connectivity index (χ3n) is 3.33. The zero-order valence-electron chi connectivity index (χ0n) is 11.0. The number of carbonyl (C=O) groups is 1. The summed E-state index contributed by atoms with van der Waals surface area (Å²) in [6.07, 6.45) is -4.37. The van der Waals surface area contributed by atoms with Crippen molar-refractivity contribution in [1.82, 2.24) is 4.90 Å². The van der Waals surface area contributed by atoms with Crippen LogP contribution in [-0.4, -0.2) is 42.3 Å². The second kappa shape index (κ2) is 5.91. The predicted octanol–water partition coefficient (Wildman–Crippen LogP) is 2.60. The normalized spacial score (nSPS) is 26.4. The lowest BCUT2D eigenvalue weighted by atomic mass is 9.89. The molecule has 0 aromatic carbocycles. The van der Waals surface area contributed by atoms with Crippen molar-refractivity contribution < 1.29 is 22.7 Å². The lowest BCUT2D eigenvalue weighted by Gasteiger charge is -2.40. The average Bonchev–Trinajstić information content (AvgIpc) is 2.27. The molecule has 0 saturated carbocycles. The Labute approximate surface area is 105 Å². The third-order valence-corrected chi connectivity index (χ3v) is 3.33. The Morgan fingerprint density at radius 2 is 2.06 bits per heavy atom. The Kier molecular flexibility index (Phi) is 5.01. The van der Waals surface area contributed by atoms with Crippen molar-refractivity contribution >= 4 is 5.97 Å². The number of halogens is 3. The van der Waals surface area contributed by atoms with Gasteiger partial charge >= 0.3 is 12.1 Å². The van der Waals surface area contributed by atoms with Crippen molar-refractivity contribution in [3.05, 3.63) is 0 Å². The molecule has 0 spiro atoms.